The molecule has 0 aliphatic heterocycles. The lowest BCUT2D eigenvalue weighted by Gasteiger charge is -2.22. The Kier molecular flexibility index (Phi) is 6.10. The number of carbonyl (C=O) groups excluding carboxylic acids is 2. The number of benzene rings is 1. The molecule has 1 aliphatic rings. The average molecular weight is 474 g/mol. The summed E-state index contributed by atoms with van der Waals surface area (Å²) in [5.41, 5.74) is 4.07. The van der Waals surface area contributed by atoms with Crippen molar-refractivity contribution in [2.24, 2.45) is 0 Å². The predicted molar refractivity (Wildman–Crippen MR) is 129 cm³/mol. The first-order valence-electron chi connectivity index (χ1n) is 10.8. The molecule has 7 nitrogen and oxygen atoms in total. The molecule has 34 heavy (non-hydrogen) atoms. The fourth-order valence-electron chi connectivity index (χ4n) is 4.12. The van der Waals surface area contributed by atoms with E-state index in [4.69, 9.17) is 25.7 Å². The minimum atomic E-state index is -0.568. The van der Waals surface area contributed by atoms with Crippen LogP contribution in [0.1, 0.15) is 40.2 Å². The molecule has 4 aromatic rings. The molecule has 170 valence electrons. The number of anilines is 1. The maximum Gasteiger partial charge on any atom is 0.339 e. The summed E-state index contributed by atoms with van der Waals surface area (Å²) in [5, 5.41) is 3.46. The molecule has 5 rings (SSSR count). The normalized spacial score (nSPS) is 14.1. The SMILES string of the molecule is O=C(COC(=O)c1c2c(nc3ccccc13)/C(=C\c1ccco1)CCC2)Nc1cccnc1Cl. The second-order valence-electron chi connectivity index (χ2n) is 7.84. The van der Waals surface area contributed by atoms with Gasteiger partial charge in [0.25, 0.3) is 5.91 Å². The van der Waals surface area contributed by atoms with Gasteiger partial charge in [-0.05, 0) is 66.8 Å². The van der Waals surface area contributed by atoms with Crippen LogP contribution < -0.4 is 5.32 Å². The minimum Gasteiger partial charge on any atom is -0.465 e. The largest absolute Gasteiger partial charge is 0.465 e. The Balaban J connectivity index is 1.46. The Morgan fingerprint density at radius 2 is 2.00 bits per heavy atom. The summed E-state index contributed by atoms with van der Waals surface area (Å²) in [6.45, 7) is -0.454. The van der Waals surface area contributed by atoms with Crippen LogP contribution in [-0.2, 0) is 16.0 Å². The smallest absolute Gasteiger partial charge is 0.339 e. The van der Waals surface area contributed by atoms with Crippen LogP contribution in [0, 0.1) is 0 Å². The number of furan rings is 1. The van der Waals surface area contributed by atoms with E-state index in [1.165, 1.54) is 6.20 Å². The van der Waals surface area contributed by atoms with Crippen molar-refractivity contribution < 1.29 is 18.7 Å². The molecule has 1 aromatic carbocycles. The van der Waals surface area contributed by atoms with Gasteiger partial charge in [0.05, 0.1) is 28.7 Å². The number of rotatable bonds is 5. The van der Waals surface area contributed by atoms with Crippen molar-refractivity contribution in [3.05, 3.63) is 88.7 Å². The molecule has 0 spiro atoms. The number of nitrogens with zero attached hydrogens (tertiary/aromatic N) is 2. The molecule has 0 atom stereocenters. The molecule has 0 saturated carbocycles. The van der Waals surface area contributed by atoms with Gasteiger partial charge in [-0.15, -0.1) is 0 Å². The third-order valence-electron chi connectivity index (χ3n) is 5.60. The summed E-state index contributed by atoms with van der Waals surface area (Å²) in [4.78, 5) is 34.4. The zero-order valence-electron chi connectivity index (χ0n) is 18.1. The summed E-state index contributed by atoms with van der Waals surface area (Å²) in [6, 6.07) is 14.4. The molecule has 8 heteroatoms. The molecule has 3 heterocycles. The van der Waals surface area contributed by atoms with Crippen LogP contribution in [0.5, 0.6) is 0 Å². The van der Waals surface area contributed by atoms with E-state index in [1.54, 1.807) is 18.4 Å². The number of nitrogens with one attached hydrogen (secondary N) is 1. The van der Waals surface area contributed by atoms with Gasteiger partial charge in [-0.3, -0.25) is 4.79 Å². The number of pyridine rings is 2. The quantitative estimate of drug-likeness (QED) is 0.301. The Morgan fingerprint density at radius 3 is 2.82 bits per heavy atom. The number of allylic oxidation sites excluding steroid dienone is 1. The van der Waals surface area contributed by atoms with Gasteiger partial charge in [0, 0.05) is 11.6 Å². The summed E-state index contributed by atoms with van der Waals surface area (Å²) in [6.07, 6.45) is 7.47. The number of fused-ring (bicyclic) bond motifs is 2. The number of carbonyl (C=O) groups is 2. The molecule has 0 fully saturated rings. The monoisotopic (exact) mass is 473 g/mol. The second-order valence-corrected chi connectivity index (χ2v) is 8.19. The summed E-state index contributed by atoms with van der Waals surface area (Å²) < 4.78 is 10.9. The number of amides is 1. The molecular weight excluding hydrogens is 454 g/mol. The third kappa shape index (κ3) is 4.43. The fraction of sp³-hybridized carbons (Fsp3) is 0.154. The van der Waals surface area contributed by atoms with E-state index >= 15 is 0 Å². The van der Waals surface area contributed by atoms with E-state index in [1.807, 2.05) is 42.5 Å². The highest BCUT2D eigenvalue weighted by atomic mass is 35.5. The Bertz CT molecular complexity index is 1410. The number of esters is 1. The first kappa shape index (κ1) is 21.9. The van der Waals surface area contributed by atoms with Crippen LogP contribution in [0.3, 0.4) is 0 Å². The lowest BCUT2D eigenvalue weighted by Crippen LogP contribution is -2.22. The van der Waals surface area contributed by atoms with Crippen LogP contribution in [0.15, 0.2) is 65.4 Å². The summed E-state index contributed by atoms with van der Waals surface area (Å²) in [7, 11) is 0. The first-order chi connectivity index (χ1) is 16.6. The van der Waals surface area contributed by atoms with Crippen molar-refractivity contribution in [2.75, 3.05) is 11.9 Å². The predicted octanol–water partition coefficient (Wildman–Crippen LogP) is 5.55. The molecule has 1 N–H and O–H groups in total. The number of ether oxygens (including phenoxy) is 1. The second kappa shape index (κ2) is 9.49. The molecule has 0 unspecified atom stereocenters. The van der Waals surface area contributed by atoms with E-state index in [-0.39, 0.29) is 5.15 Å². The molecule has 0 saturated heterocycles. The van der Waals surface area contributed by atoms with Crippen LogP contribution in [0.2, 0.25) is 5.15 Å². The minimum absolute atomic E-state index is 0.159. The number of aromatic nitrogens is 2. The van der Waals surface area contributed by atoms with E-state index in [9.17, 15) is 9.59 Å². The van der Waals surface area contributed by atoms with Gasteiger partial charge in [0.1, 0.15) is 5.76 Å². The number of hydrogen-bond acceptors (Lipinski definition) is 6. The van der Waals surface area contributed by atoms with Crippen molar-refractivity contribution in [3.63, 3.8) is 0 Å². The molecule has 0 radical (unpaired) electrons. The molecular formula is C26H20ClN3O4. The molecule has 1 aliphatic carbocycles. The van der Waals surface area contributed by atoms with Crippen molar-refractivity contribution in [1.29, 1.82) is 0 Å². The van der Waals surface area contributed by atoms with Gasteiger partial charge in [-0.2, -0.15) is 0 Å². The zero-order chi connectivity index (χ0) is 23.5. The number of hydrogen-bond donors (Lipinski definition) is 1. The van der Waals surface area contributed by atoms with Gasteiger partial charge in [0.15, 0.2) is 11.8 Å². The summed E-state index contributed by atoms with van der Waals surface area (Å²) >= 11 is 5.98. The van der Waals surface area contributed by atoms with E-state index in [0.717, 1.165) is 35.4 Å². The van der Waals surface area contributed by atoms with Gasteiger partial charge in [-0.25, -0.2) is 14.8 Å². The van der Waals surface area contributed by atoms with Crippen LogP contribution in [0.25, 0.3) is 22.6 Å². The fourth-order valence-corrected chi connectivity index (χ4v) is 4.29. The van der Waals surface area contributed by atoms with Crippen molar-refractivity contribution >= 4 is 51.7 Å². The lowest BCUT2D eigenvalue weighted by atomic mass is 9.86. The first-order valence-corrected chi connectivity index (χ1v) is 11.2. The highest BCUT2D eigenvalue weighted by Crippen LogP contribution is 2.36. The zero-order valence-corrected chi connectivity index (χ0v) is 18.8. The van der Waals surface area contributed by atoms with Crippen molar-refractivity contribution in [3.8, 4) is 0 Å². The molecule has 3 aromatic heterocycles. The summed E-state index contributed by atoms with van der Waals surface area (Å²) in [5.74, 6) is -0.344. The number of halogens is 1. The topological polar surface area (TPSA) is 94.3 Å². The van der Waals surface area contributed by atoms with Crippen molar-refractivity contribution in [1.82, 2.24) is 9.97 Å². The van der Waals surface area contributed by atoms with Gasteiger partial charge in [-0.1, -0.05) is 29.8 Å². The Morgan fingerprint density at radius 1 is 1.12 bits per heavy atom. The maximum absolute atomic E-state index is 13.3. The third-order valence-corrected chi connectivity index (χ3v) is 5.90. The van der Waals surface area contributed by atoms with Crippen molar-refractivity contribution in [2.45, 2.75) is 19.3 Å². The van der Waals surface area contributed by atoms with E-state index in [0.29, 0.717) is 28.6 Å². The van der Waals surface area contributed by atoms with Gasteiger partial charge >= 0.3 is 5.97 Å². The van der Waals surface area contributed by atoms with Crippen LogP contribution in [0.4, 0.5) is 5.69 Å². The Hall–Kier alpha value is -3.97. The number of para-hydroxylation sites is 1. The van der Waals surface area contributed by atoms with Crippen LogP contribution in [-0.4, -0.2) is 28.5 Å². The van der Waals surface area contributed by atoms with Gasteiger partial charge in [0.2, 0.25) is 0 Å². The maximum atomic E-state index is 13.3. The standard InChI is InChI=1S/C26H20ClN3O4/c27-25-21(11-4-12-28-25)29-22(31)15-34-26(32)23-18-8-1-2-10-20(18)30-24-16(6-3-9-19(23)24)14-17-7-5-13-33-17/h1-2,4-5,7-8,10-14H,3,6,9,15H2,(H,29,31)/b16-14-. The average Bonchev–Trinajstić information content (AvgIpc) is 3.36. The van der Waals surface area contributed by atoms with Gasteiger partial charge < -0.3 is 14.5 Å². The van der Waals surface area contributed by atoms with Crippen LogP contribution >= 0.6 is 11.6 Å². The van der Waals surface area contributed by atoms with E-state index in [2.05, 4.69) is 10.3 Å². The lowest BCUT2D eigenvalue weighted by molar-refractivity contribution is -0.119. The molecule has 0 bridgehead atoms. The van der Waals surface area contributed by atoms with E-state index < -0.39 is 18.5 Å². The highest BCUT2D eigenvalue weighted by Gasteiger charge is 2.26. The Labute approximate surface area is 200 Å². The molecule has 1 amide bonds. The highest BCUT2D eigenvalue weighted by molar-refractivity contribution is 6.32.